The molecule has 0 aliphatic heterocycles. The van der Waals surface area contributed by atoms with Crippen molar-refractivity contribution in [1.82, 2.24) is 4.98 Å². The van der Waals surface area contributed by atoms with Crippen LogP contribution in [0.25, 0.3) is 22.2 Å². The van der Waals surface area contributed by atoms with E-state index in [1.807, 2.05) is 6.07 Å². The zero-order valence-electron chi connectivity index (χ0n) is 15.5. The first-order chi connectivity index (χ1) is 14.4. The maximum absolute atomic E-state index is 12.6. The third kappa shape index (κ3) is 3.68. The predicted octanol–water partition coefficient (Wildman–Crippen LogP) is 5.21. The number of pyridine rings is 1. The number of carboxylic acids is 1. The highest BCUT2D eigenvalue weighted by atomic mass is 35.5. The Hall–Kier alpha value is -3.90. The fraction of sp³-hybridized carbons (Fsp3) is 0. The van der Waals surface area contributed by atoms with E-state index < -0.39 is 17.6 Å². The van der Waals surface area contributed by atoms with Gasteiger partial charge in [0.15, 0.2) is 5.75 Å². The molecule has 4 rings (SSSR count). The SMILES string of the molecule is O=C(Nc1ccccc1)c1ccc2nc(-c3ccc(Cl)cc3)c(O)c(C(=O)O)c2c1. The third-order valence-corrected chi connectivity index (χ3v) is 4.84. The number of aromatic carboxylic acids is 1. The Balaban J connectivity index is 1.83. The second-order valence-electron chi connectivity index (χ2n) is 6.55. The maximum Gasteiger partial charge on any atom is 0.340 e. The number of rotatable bonds is 4. The lowest BCUT2D eigenvalue weighted by Gasteiger charge is -2.12. The molecule has 148 valence electrons. The number of carbonyl (C=O) groups excluding carboxylic acids is 1. The molecule has 0 bridgehead atoms. The quantitative estimate of drug-likeness (QED) is 0.422. The third-order valence-electron chi connectivity index (χ3n) is 4.58. The molecule has 7 heteroatoms. The van der Waals surface area contributed by atoms with Gasteiger partial charge in [0.25, 0.3) is 5.91 Å². The van der Waals surface area contributed by atoms with Gasteiger partial charge in [-0.05, 0) is 42.5 Å². The fourth-order valence-corrected chi connectivity index (χ4v) is 3.27. The van der Waals surface area contributed by atoms with Gasteiger partial charge in [0, 0.05) is 27.2 Å². The molecule has 0 spiro atoms. The minimum absolute atomic E-state index is 0.123. The number of nitrogens with one attached hydrogen (secondary N) is 1. The van der Waals surface area contributed by atoms with Crippen molar-refractivity contribution in [1.29, 1.82) is 0 Å². The minimum atomic E-state index is -1.32. The molecule has 1 aromatic heterocycles. The lowest BCUT2D eigenvalue weighted by Crippen LogP contribution is -2.12. The molecule has 0 saturated carbocycles. The van der Waals surface area contributed by atoms with Crippen LogP contribution in [0.1, 0.15) is 20.7 Å². The van der Waals surface area contributed by atoms with Crippen molar-refractivity contribution in [2.75, 3.05) is 5.32 Å². The van der Waals surface area contributed by atoms with Crippen LogP contribution in [0.5, 0.6) is 5.75 Å². The number of halogens is 1. The summed E-state index contributed by atoms with van der Waals surface area (Å²) in [6, 6.07) is 20.0. The fourth-order valence-electron chi connectivity index (χ4n) is 3.14. The molecule has 1 amide bonds. The van der Waals surface area contributed by atoms with Crippen molar-refractivity contribution < 1.29 is 19.8 Å². The highest BCUT2D eigenvalue weighted by Gasteiger charge is 2.22. The first-order valence-electron chi connectivity index (χ1n) is 8.96. The number of para-hydroxylation sites is 1. The standard InChI is InChI=1S/C23H15ClN2O4/c24-15-9-6-13(7-10-15)20-21(27)19(23(29)30)17-12-14(8-11-18(17)26-20)22(28)25-16-4-2-1-3-5-16/h1-12,27H,(H,25,28)(H,29,30). The Morgan fingerprint density at radius 2 is 1.63 bits per heavy atom. The molecule has 3 N–H and O–H groups in total. The largest absolute Gasteiger partial charge is 0.505 e. The number of aromatic nitrogens is 1. The molecule has 0 unspecified atom stereocenters. The van der Waals surface area contributed by atoms with Gasteiger partial charge in [0.1, 0.15) is 11.3 Å². The van der Waals surface area contributed by atoms with Gasteiger partial charge in [-0.3, -0.25) is 4.79 Å². The molecule has 6 nitrogen and oxygen atoms in total. The number of amides is 1. The van der Waals surface area contributed by atoms with Crippen LogP contribution in [0, 0.1) is 0 Å². The number of hydrogen-bond donors (Lipinski definition) is 3. The monoisotopic (exact) mass is 418 g/mol. The van der Waals surface area contributed by atoms with Gasteiger partial charge in [-0.25, -0.2) is 9.78 Å². The Bertz CT molecular complexity index is 1270. The normalized spacial score (nSPS) is 10.7. The minimum Gasteiger partial charge on any atom is -0.505 e. The average Bonchev–Trinajstić information content (AvgIpc) is 2.74. The van der Waals surface area contributed by atoms with Crippen molar-refractivity contribution >= 4 is 40.1 Å². The first kappa shape index (κ1) is 19.4. The van der Waals surface area contributed by atoms with E-state index in [1.165, 1.54) is 6.07 Å². The zero-order valence-corrected chi connectivity index (χ0v) is 16.2. The van der Waals surface area contributed by atoms with E-state index in [2.05, 4.69) is 10.3 Å². The number of carbonyl (C=O) groups is 2. The van der Waals surface area contributed by atoms with Gasteiger partial charge in [-0.2, -0.15) is 0 Å². The lowest BCUT2D eigenvalue weighted by molar-refractivity contribution is 0.0695. The predicted molar refractivity (Wildman–Crippen MR) is 115 cm³/mol. The molecule has 0 aliphatic carbocycles. The van der Waals surface area contributed by atoms with Gasteiger partial charge in [-0.15, -0.1) is 0 Å². The van der Waals surface area contributed by atoms with Gasteiger partial charge in [-0.1, -0.05) is 41.9 Å². The number of carboxylic acid groups (broad SMARTS) is 1. The molecule has 0 saturated heterocycles. The molecule has 30 heavy (non-hydrogen) atoms. The van der Waals surface area contributed by atoms with Crippen LogP contribution in [0.15, 0.2) is 72.8 Å². The highest BCUT2D eigenvalue weighted by molar-refractivity contribution is 6.30. The van der Waals surface area contributed by atoms with Crippen LogP contribution in [0.3, 0.4) is 0 Å². The zero-order chi connectivity index (χ0) is 21.3. The Kier molecular flexibility index (Phi) is 5.08. The topological polar surface area (TPSA) is 99.5 Å². The molecule has 4 aromatic rings. The van der Waals surface area contributed by atoms with Gasteiger partial charge in [0.2, 0.25) is 0 Å². The first-order valence-corrected chi connectivity index (χ1v) is 9.34. The number of benzene rings is 3. The van der Waals surface area contributed by atoms with Crippen LogP contribution in [-0.2, 0) is 0 Å². The average molecular weight is 419 g/mol. The number of anilines is 1. The Morgan fingerprint density at radius 3 is 2.30 bits per heavy atom. The smallest absolute Gasteiger partial charge is 0.340 e. The molecule has 0 aliphatic rings. The second kappa shape index (κ2) is 7.85. The van der Waals surface area contributed by atoms with Crippen LogP contribution in [0.2, 0.25) is 5.02 Å². The second-order valence-corrected chi connectivity index (χ2v) is 6.98. The molecule has 3 aromatic carbocycles. The van der Waals surface area contributed by atoms with Crippen molar-refractivity contribution in [3.05, 3.63) is 88.9 Å². The summed E-state index contributed by atoms with van der Waals surface area (Å²) in [5, 5.41) is 23.8. The molecule has 0 radical (unpaired) electrons. The van der Waals surface area contributed by atoms with E-state index >= 15 is 0 Å². The Morgan fingerprint density at radius 1 is 0.933 bits per heavy atom. The molecule has 0 atom stereocenters. The molecule has 0 fully saturated rings. The summed E-state index contributed by atoms with van der Waals surface area (Å²) < 4.78 is 0. The number of aromatic hydroxyl groups is 1. The highest BCUT2D eigenvalue weighted by Crippen LogP contribution is 2.36. The maximum atomic E-state index is 12.6. The number of nitrogens with zero attached hydrogens (tertiary/aromatic N) is 1. The van der Waals surface area contributed by atoms with E-state index in [9.17, 15) is 19.8 Å². The van der Waals surface area contributed by atoms with Crippen LogP contribution >= 0.6 is 11.6 Å². The molecular weight excluding hydrogens is 404 g/mol. The van der Waals surface area contributed by atoms with Crippen LogP contribution in [0.4, 0.5) is 5.69 Å². The summed E-state index contributed by atoms with van der Waals surface area (Å²) in [7, 11) is 0. The summed E-state index contributed by atoms with van der Waals surface area (Å²) >= 11 is 5.91. The van der Waals surface area contributed by atoms with Gasteiger partial charge >= 0.3 is 5.97 Å². The van der Waals surface area contributed by atoms with E-state index in [1.54, 1.807) is 60.7 Å². The number of hydrogen-bond acceptors (Lipinski definition) is 4. The molecule has 1 heterocycles. The summed E-state index contributed by atoms with van der Waals surface area (Å²) in [4.78, 5) is 28.9. The Labute approximate surface area is 176 Å². The molecular formula is C23H15ClN2O4. The van der Waals surface area contributed by atoms with Crippen LogP contribution < -0.4 is 5.32 Å². The van der Waals surface area contributed by atoms with Crippen molar-refractivity contribution in [3.8, 4) is 17.0 Å². The van der Waals surface area contributed by atoms with E-state index in [0.29, 0.717) is 21.8 Å². The van der Waals surface area contributed by atoms with Crippen LogP contribution in [-0.4, -0.2) is 27.1 Å². The van der Waals surface area contributed by atoms with Crippen molar-refractivity contribution in [2.24, 2.45) is 0 Å². The lowest BCUT2D eigenvalue weighted by atomic mass is 10.0. The van der Waals surface area contributed by atoms with Crippen molar-refractivity contribution in [3.63, 3.8) is 0 Å². The van der Waals surface area contributed by atoms with E-state index in [4.69, 9.17) is 11.6 Å². The van der Waals surface area contributed by atoms with Gasteiger partial charge < -0.3 is 15.5 Å². The summed E-state index contributed by atoms with van der Waals surface area (Å²) in [6.45, 7) is 0. The van der Waals surface area contributed by atoms with E-state index in [0.717, 1.165) is 0 Å². The van der Waals surface area contributed by atoms with Gasteiger partial charge in [0.05, 0.1) is 5.52 Å². The summed E-state index contributed by atoms with van der Waals surface area (Å²) in [6.07, 6.45) is 0. The van der Waals surface area contributed by atoms with Crippen molar-refractivity contribution in [2.45, 2.75) is 0 Å². The van der Waals surface area contributed by atoms with E-state index in [-0.39, 0.29) is 22.2 Å². The summed E-state index contributed by atoms with van der Waals surface area (Å²) in [5.74, 6) is -2.20. The summed E-state index contributed by atoms with van der Waals surface area (Å²) in [5.41, 5.74) is 1.52. The number of fused-ring (bicyclic) bond motifs is 1.